The van der Waals surface area contributed by atoms with E-state index in [4.69, 9.17) is 4.74 Å². The quantitative estimate of drug-likeness (QED) is 0.303. The van der Waals surface area contributed by atoms with Crippen LogP contribution in [-0.4, -0.2) is 18.9 Å². The van der Waals surface area contributed by atoms with Gasteiger partial charge in [-0.25, -0.2) is 0 Å². The summed E-state index contributed by atoms with van der Waals surface area (Å²) in [5.74, 6) is 0.454. The lowest BCUT2D eigenvalue weighted by Gasteiger charge is -2.12. The molecule has 6 heteroatoms. The van der Waals surface area contributed by atoms with Crippen molar-refractivity contribution in [1.29, 1.82) is 0 Å². The highest BCUT2D eigenvalue weighted by molar-refractivity contribution is 7.17. The number of nitrogens with one attached hydrogen (secondary N) is 2. The maximum atomic E-state index is 13.7. The molecule has 0 spiro atoms. The van der Waals surface area contributed by atoms with Gasteiger partial charge in [0.2, 0.25) is 5.91 Å². The van der Waals surface area contributed by atoms with Gasteiger partial charge in [-0.1, -0.05) is 55.0 Å². The van der Waals surface area contributed by atoms with Crippen molar-refractivity contribution in [1.82, 2.24) is 0 Å². The number of carbonyl (C=O) groups is 2. The highest BCUT2D eigenvalue weighted by Crippen LogP contribution is 2.38. The Kier molecular flexibility index (Phi) is 6.82. The van der Waals surface area contributed by atoms with Crippen LogP contribution < -0.4 is 15.4 Å². The van der Waals surface area contributed by atoms with Crippen LogP contribution in [0.5, 0.6) is 5.75 Å². The van der Waals surface area contributed by atoms with E-state index in [2.05, 4.69) is 10.6 Å². The predicted molar refractivity (Wildman–Crippen MR) is 143 cm³/mol. The van der Waals surface area contributed by atoms with Gasteiger partial charge in [0.05, 0.1) is 19.1 Å². The van der Waals surface area contributed by atoms with Gasteiger partial charge in [0.15, 0.2) is 0 Å². The first-order chi connectivity index (χ1) is 17.1. The Bertz CT molecular complexity index is 1370. The van der Waals surface area contributed by atoms with E-state index in [0.29, 0.717) is 10.6 Å². The largest absolute Gasteiger partial charge is 0.497 e. The van der Waals surface area contributed by atoms with Crippen LogP contribution >= 0.6 is 11.3 Å². The minimum Gasteiger partial charge on any atom is -0.497 e. The molecule has 35 heavy (non-hydrogen) atoms. The van der Waals surface area contributed by atoms with E-state index in [1.807, 2.05) is 66.7 Å². The summed E-state index contributed by atoms with van der Waals surface area (Å²) in [4.78, 5) is 27.8. The van der Waals surface area contributed by atoms with Crippen LogP contribution in [0, 0.1) is 0 Å². The second kappa shape index (κ2) is 10.3. The number of benzene rings is 3. The van der Waals surface area contributed by atoms with Crippen molar-refractivity contribution in [2.75, 3.05) is 17.7 Å². The van der Waals surface area contributed by atoms with E-state index in [1.54, 1.807) is 18.4 Å². The zero-order valence-electron chi connectivity index (χ0n) is 19.7. The highest BCUT2D eigenvalue weighted by Gasteiger charge is 2.26. The van der Waals surface area contributed by atoms with Crippen LogP contribution in [0.1, 0.15) is 45.6 Å². The molecule has 1 aliphatic rings. The number of thiophene rings is 1. The van der Waals surface area contributed by atoms with E-state index in [9.17, 15) is 9.59 Å². The molecule has 1 heterocycles. The van der Waals surface area contributed by atoms with Gasteiger partial charge in [0.25, 0.3) is 5.91 Å². The highest BCUT2D eigenvalue weighted by atomic mass is 32.1. The summed E-state index contributed by atoms with van der Waals surface area (Å²) in [6, 6.07) is 21.4. The number of fused-ring (bicyclic) bond motifs is 2. The molecule has 0 aliphatic heterocycles. The number of hydrogen-bond acceptors (Lipinski definition) is 4. The number of carbonyl (C=O) groups excluding carboxylic acids is 2. The molecule has 178 valence electrons. The van der Waals surface area contributed by atoms with Crippen molar-refractivity contribution in [3.05, 3.63) is 88.3 Å². The molecule has 2 amide bonds. The van der Waals surface area contributed by atoms with Gasteiger partial charge in [-0.3, -0.25) is 9.59 Å². The molecular formula is C29H28N2O3S. The molecule has 1 aromatic heterocycles. The molecule has 5 rings (SSSR count). The normalized spacial score (nSPS) is 13.1. The topological polar surface area (TPSA) is 67.4 Å². The smallest absolute Gasteiger partial charge is 0.258 e. The molecule has 0 radical (unpaired) electrons. The number of aryl methyl sites for hydroxylation is 1. The second-order valence-electron chi connectivity index (χ2n) is 8.82. The van der Waals surface area contributed by atoms with Crippen LogP contribution in [0.25, 0.3) is 10.8 Å². The molecular weight excluding hydrogens is 456 g/mol. The monoisotopic (exact) mass is 484 g/mol. The molecule has 5 nitrogen and oxygen atoms in total. The van der Waals surface area contributed by atoms with Crippen molar-refractivity contribution in [3.8, 4) is 5.75 Å². The van der Waals surface area contributed by atoms with E-state index in [1.165, 1.54) is 4.88 Å². The van der Waals surface area contributed by atoms with Gasteiger partial charge in [0, 0.05) is 16.0 Å². The zero-order chi connectivity index (χ0) is 24.2. The summed E-state index contributed by atoms with van der Waals surface area (Å²) in [5, 5.41) is 8.91. The van der Waals surface area contributed by atoms with Crippen molar-refractivity contribution < 1.29 is 14.3 Å². The summed E-state index contributed by atoms with van der Waals surface area (Å²) in [5.41, 5.74) is 3.37. The first kappa shape index (κ1) is 23.1. The van der Waals surface area contributed by atoms with Crippen molar-refractivity contribution in [2.24, 2.45) is 0 Å². The van der Waals surface area contributed by atoms with Crippen LogP contribution in [0.4, 0.5) is 10.7 Å². The van der Waals surface area contributed by atoms with E-state index < -0.39 is 0 Å². The Hall–Kier alpha value is -3.64. The van der Waals surface area contributed by atoms with Crippen LogP contribution in [0.2, 0.25) is 0 Å². The first-order valence-corrected chi connectivity index (χ1v) is 12.8. The lowest BCUT2D eigenvalue weighted by atomic mass is 10.0. The Balaban J connectivity index is 1.43. The first-order valence-electron chi connectivity index (χ1n) is 12.0. The molecule has 3 aromatic carbocycles. The maximum Gasteiger partial charge on any atom is 0.258 e. The fraction of sp³-hybridized carbons (Fsp3) is 0.241. The van der Waals surface area contributed by atoms with Crippen LogP contribution in [0.3, 0.4) is 0 Å². The summed E-state index contributed by atoms with van der Waals surface area (Å²) in [7, 11) is 1.62. The average Bonchev–Trinajstić information content (AvgIpc) is 3.04. The van der Waals surface area contributed by atoms with Gasteiger partial charge < -0.3 is 15.4 Å². The van der Waals surface area contributed by atoms with Crippen LogP contribution in [-0.2, 0) is 24.1 Å². The minimum atomic E-state index is -0.166. The van der Waals surface area contributed by atoms with Crippen molar-refractivity contribution in [2.45, 2.75) is 38.5 Å². The lowest BCUT2D eigenvalue weighted by molar-refractivity contribution is -0.115. The fourth-order valence-corrected chi connectivity index (χ4v) is 5.99. The average molecular weight is 485 g/mol. The number of amides is 2. The van der Waals surface area contributed by atoms with Crippen LogP contribution in [0.15, 0.2) is 66.7 Å². The molecule has 0 unspecified atom stereocenters. The summed E-state index contributed by atoms with van der Waals surface area (Å²) in [6.45, 7) is 0. The molecule has 0 saturated heterocycles. The third kappa shape index (κ3) is 5.08. The van der Waals surface area contributed by atoms with Gasteiger partial charge in [-0.05, 0) is 60.4 Å². The van der Waals surface area contributed by atoms with Crippen molar-refractivity contribution >= 4 is 44.6 Å². The van der Waals surface area contributed by atoms with Gasteiger partial charge >= 0.3 is 0 Å². The number of hydrogen-bond donors (Lipinski definition) is 2. The lowest BCUT2D eigenvalue weighted by Crippen LogP contribution is -2.19. The maximum absolute atomic E-state index is 13.7. The van der Waals surface area contributed by atoms with E-state index in [0.717, 1.165) is 65.4 Å². The number of anilines is 2. The number of ether oxygens (including phenoxy) is 1. The number of rotatable bonds is 6. The standard InChI is InChI=1S/C29H28N2O3S/c1-34-21-16-14-19(15-17-21)18-26(32)31-29-27(23-11-3-2-4-13-25(23)35-29)28(33)30-24-12-7-9-20-8-5-6-10-22(20)24/h5-10,12,14-17H,2-4,11,13,18H2,1H3,(H,30,33)(H,31,32). The molecule has 0 atom stereocenters. The molecule has 0 fully saturated rings. The van der Waals surface area contributed by atoms with Gasteiger partial charge in [-0.15, -0.1) is 11.3 Å². The molecule has 0 bridgehead atoms. The van der Waals surface area contributed by atoms with E-state index in [-0.39, 0.29) is 18.2 Å². The molecule has 2 N–H and O–H groups in total. The summed E-state index contributed by atoms with van der Waals surface area (Å²) >= 11 is 1.55. The summed E-state index contributed by atoms with van der Waals surface area (Å²) < 4.78 is 5.20. The summed E-state index contributed by atoms with van der Waals surface area (Å²) in [6.07, 6.45) is 5.36. The van der Waals surface area contributed by atoms with Crippen molar-refractivity contribution in [3.63, 3.8) is 0 Å². The third-order valence-corrected chi connectivity index (χ3v) is 7.67. The Labute approximate surface area is 209 Å². The Morgan fingerprint density at radius 3 is 2.49 bits per heavy atom. The molecule has 4 aromatic rings. The SMILES string of the molecule is COc1ccc(CC(=O)Nc2sc3c(c2C(=O)Nc2cccc4ccccc24)CCCCC3)cc1. The predicted octanol–water partition coefficient (Wildman–Crippen LogP) is 6.61. The minimum absolute atomic E-state index is 0.134. The van der Waals surface area contributed by atoms with E-state index >= 15 is 0 Å². The Morgan fingerprint density at radius 2 is 1.66 bits per heavy atom. The fourth-order valence-electron chi connectivity index (χ4n) is 4.69. The second-order valence-corrected chi connectivity index (χ2v) is 9.93. The zero-order valence-corrected chi connectivity index (χ0v) is 20.5. The molecule has 1 aliphatic carbocycles. The van der Waals surface area contributed by atoms with Gasteiger partial charge in [0.1, 0.15) is 10.8 Å². The molecule has 0 saturated carbocycles. The third-order valence-electron chi connectivity index (χ3n) is 6.46. The Morgan fingerprint density at radius 1 is 0.886 bits per heavy atom. The number of methoxy groups -OCH3 is 1. The van der Waals surface area contributed by atoms with Gasteiger partial charge in [-0.2, -0.15) is 0 Å².